The van der Waals surface area contributed by atoms with Crippen molar-refractivity contribution < 1.29 is 9.59 Å². The van der Waals surface area contributed by atoms with E-state index in [-0.39, 0.29) is 5.91 Å². The molecule has 0 spiro atoms. The van der Waals surface area contributed by atoms with Gasteiger partial charge in [-0.2, -0.15) is 0 Å². The van der Waals surface area contributed by atoms with Gasteiger partial charge < -0.3 is 21.3 Å². The molecule has 1 aliphatic heterocycles. The number of anilines is 2. The highest BCUT2D eigenvalue weighted by Gasteiger charge is 2.18. The van der Waals surface area contributed by atoms with Crippen molar-refractivity contribution in [1.82, 2.24) is 5.32 Å². The third kappa shape index (κ3) is 4.60. The highest BCUT2D eigenvalue weighted by molar-refractivity contribution is 5.95. The van der Waals surface area contributed by atoms with Crippen LogP contribution in [0, 0.1) is 0 Å². The summed E-state index contributed by atoms with van der Waals surface area (Å²) in [7, 11) is 0. The van der Waals surface area contributed by atoms with Crippen molar-refractivity contribution in [1.29, 1.82) is 0 Å². The van der Waals surface area contributed by atoms with Gasteiger partial charge in [-0.3, -0.25) is 4.79 Å². The van der Waals surface area contributed by atoms with Crippen LogP contribution in [0.1, 0.15) is 27.0 Å². The molecular formula is C24H24N4O2. The predicted octanol–water partition coefficient (Wildman–Crippen LogP) is 3.67. The van der Waals surface area contributed by atoms with E-state index >= 15 is 0 Å². The number of rotatable bonds is 6. The maximum absolute atomic E-state index is 12.3. The Kier molecular flexibility index (Phi) is 5.66. The second kappa shape index (κ2) is 8.69. The zero-order valence-electron chi connectivity index (χ0n) is 16.6. The van der Waals surface area contributed by atoms with E-state index in [1.54, 1.807) is 24.3 Å². The fourth-order valence-electron chi connectivity index (χ4n) is 3.69. The number of urea groups is 1. The van der Waals surface area contributed by atoms with E-state index in [0.29, 0.717) is 17.8 Å². The molecular weight excluding hydrogens is 376 g/mol. The van der Waals surface area contributed by atoms with Crippen molar-refractivity contribution in [2.24, 2.45) is 5.73 Å². The summed E-state index contributed by atoms with van der Waals surface area (Å²) in [5, 5.41) is 5.39. The molecule has 4 rings (SSSR count). The summed E-state index contributed by atoms with van der Waals surface area (Å²) < 4.78 is 0. The Morgan fingerprint density at radius 2 is 1.60 bits per heavy atom. The molecule has 3 amide bonds. The Labute approximate surface area is 175 Å². The van der Waals surface area contributed by atoms with Crippen LogP contribution in [-0.2, 0) is 19.5 Å². The number of nitrogens with one attached hydrogen (secondary N) is 2. The summed E-state index contributed by atoms with van der Waals surface area (Å²) >= 11 is 0. The van der Waals surface area contributed by atoms with Crippen LogP contribution < -0.4 is 21.3 Å². The molecule has 152 valence electrons. The standard InChI is InChI=1S/C24H24N4O2/c25-24(30)27-21-11-9-20(10-12-21)23(29)26-15-17-5-7-18(8-6-17)16-28-14-13-19-3-1-2-4-22(19)28/h1-12H,13-16H2,(H,26,29)(H3,25,27,30). The molecule has 1 heterocycles. The predicted molar refractivity (Wildman–Crippen MR) is 118 cm³/mol. The Balaban J connectivity index is 1.31. The zero-order valence-corrected chi connectivity index (χ0v) is 16.6. The van der Waals surface area contributed by atoms with Crippen LogP contribution in [-0.4, -0.2) is 18.5 Å². The van der Waals surface area contributed by atoms with E-state index in [1.807, 2.05) is 0 Å². The van der Waals surface area contributed by atoms with Crippen LogP contribution in [0.15, 0.2) is 72.8 Å². The molecule has 0 fully saturated rings. The molecule has 3 aromatic carbocycles. The molecule has 0 radical (unpaired) electrons. The number of hydrogen-bond donors (Lipinski definition) is 3. The van der Waals surface area contributed by atoms with Crippen molar-refractivity contribution in [3.8, 4) is 0 Å². The fraction of sp³-hybridized carbons (Fsp3) is 0.167. The quantitative estimate of drug-likeness (QED) is 0.590. The van der Waals surface area contributed by atoms with Crippen molar-refractivity contribution in [3.05, 3.63) is 95.1 Å². The summed E-state index contributed by atoms with van der Waals surface area (Å²) in [6, 6.07) is 22.9. The average Bonchev–Trinajstić information content (AvgIpc) is 3.16. The molecule has 0 unspecified atom stereocenters. The molecule has 30 heavy (non-hydrogen) atoms. The largest absolute Gasteiger partial charge is 0.367 e. The summed E-state index contributed by atoms with van der Waals surface area (Å²) in [4.78, 5) is 25.6. The second-order valence-corrected chi connectivity index (χ2v) is 7.37. The Bertz CT molecular complexity index is 1050. The molecule has 0 saturated heterocycles. The van der Waals surface area contributed by atoms with E-state index in [0.717, 1.165) is 25.1 Å². The van der Waals surface area contributed by atoms with E-state index < -0.39 is 6.03 Å². The van der Waals surface area contributed by atoms with Gasteiger partial charge in [0.1, 0.15) is 0 Å². The minimum Gasteiger partial charge on any atom is -0.367 e. The van der Waals surface area contributed by atoms with Crippen molar-refractivity contribution in [3.63, 3.8) is 0 Å². The maximum atomic E-state index is 12.3. The molecule has 6 heteroatoms. The molecule has 0 atom stereocenters. The number of primary amides is 1. The SMILES string of the molecule is NC(=O)Nc1ccc(C(=O)NCc2ccc(CN3CCc4ccccc43)cc2)cc1. The lowest BCUT2D eigenvalue weighted by molar-refractivity contribution is 0.0951. The summed E-state index contributed by atoms with van der Waals surface area (Å²) in [6.45, 7) is 2.38. The molecule has 3 aromatic rings. The number of carbonyl (C=O) groups is 2. The first-order chi connectivity index (χ1) is 14.6. The molecule has 0 aliphatic carbocycles. The molecule has 0 aromatic heterocycles. The minimum absolute atomic E-state index is 0.168. The van der Waals surface area contributed by atoms with Crippen molar-refractivity contribution in [2.45, 2.75) is 19.5 Å². The Hall–Kier alpha value is -3.80. The van der Waals surface area contributed by atoms with Gasteiger partial charge in [0.25, 0.3) is 5.91 Å². The first-order valence-electron chi connectivity index (χ1n) is 9.94. The summed E-state index contributed by atoms with van der Waals surface area (Å²) in [5.74, 6) is -0.168. The monoisotopic (exact) mass is 400 g/mol. The number of carbonyl (C=O) groups excluding carboxylic acids is 2. The lowest BCUT2D eigenvalue weighted by Crippen LogP contribution is -2.23. The lowest BCUT2D eigenvalue weighted by Gasteiger charge is -2.19. The number of para-hydroxylation sites is 1. The van der Waals surface area contributed by atoms with Gasteiger partial charge in [0.15, 0.2) is 0 Å². The van der Waals surface area contributed by atoms with Gasteiger partial charge in [0, 0.05) is 36.6 Å². The van der Waals surface area contributed by atoms with Crippen LogP contribution in [0.25, 0.3) is 0 Å². The van der Waals surface area contributed by atoms with Gasteiger partial charge in [0.2, 0.25) is 0 Å². The van der Waals surface area contributed by atoms with Gasteiger partial charge in [0.05, 0.1) is 0 Å². The van der Waals surface area contributed by atoms with Crippen LogP contribution in [0.2, 0.25) is 0 Å². The van der Waals surface area contributed by atoms with Gasteiger partial charge in [-0.25, -0.2) is 4.79 Å². The van der Waals surface area contributed by atoms with E-state index in [4.69, 9.17) is 5.73 Å². The van der Waals surface area contributed by atoms with Crippen LogP contribution in [0.4, 0.5) is 16.2 Å². The van der Waals surface area contributed by atoms with E-state index in [2.05, 4.69) is 64.1 Å². The highest BCUT2D eigenvalue weighted by atomic mass is 16.2. The number of nitrogens with zero attached hydrogens (tertiary/aromatic N) is 1. The van der Waals surface area contributed by atoms with Gasteiger partial charge >= 0.3 is 6.03 Å². The maximum Gasteiger partial charge on any atom is 0.316 e. The normalized spacial score (nSPS) is 12.3. The molecule has 0 bridgehead atoms. The summed E-state index contributed by atoms with van der Waals surface area (Å²) in [6.07, 6.45) is 1.10. The molecule has 1 aliphatic rings. The third-order valence-electron chi connectivity index (χ3n) is 5.25. The van der Waals surface area contributed by atoms with Gasteiger partial charge in [-0.1, -0.05) is 42.5 Å². The number of benzene rings is 3. The number of hydrogen-bond acceptors (Lipinski definition) is 3. The number of amides is 3. The molecule has 6 nitrogen and oxygen atoms in total. The average molecular weight is 400 g/mol. The van der Waals surface area contributed by atoms with E-state index in [9.17, 15) is 9.59 Å². The smallest absolute Gasteiger partial charge is 0.316 e. The second-order valence-electron chi connectivity index (χ2n) is 7.37. The van der Waals surface area contributed by atoms with Crippen molar-refractivity contribution >= 4 is 23.3 Å². The van der Waals surface area contributed by atoms with Crippen LogP contribution in [0.3, 0.4) is 0 Å². The molecule has 4 N–H and O–H groups in total. The van der Waals surface area contributed by atoms with Gasteiger partial charge in [-0.15, -0.1) is 0 Å². The third-order valence-corrected chi connectivity index (χ3v) is 5.25. The van der Waals surface area contributed by atoms with Crippen molar-refractivity contribution in [2.75, 3.05) is 16.8 Å². The zero-order chi connectivity index (χ0) is 20.9. The van der Waals surface area contributed by atoms with Crippen LogP contribution >= 0.6 is 0 Å². The summed E-state index contributed by atoms with van der Waals surface area (Å²) in [5.41, 5.74) is 11.2. The highest BCUT2D eigenvalue weighted by Crippen LogP contribution is 2.28. The topological polar surface area (TPSA) is 87.5 Å². The Morgan fingerprint density at radius 1 is 0.900 bits per heavy atom. The lowest BCUT2D eigenvalue weighted by atomic mass is 10.1. The number of nitrogens with two attached hydrogens (primary N) is 1. The Morgan fingerprint density at radius 3 is 2.33 bits per heavy atom. The fourth-order valence-corrected chi connectivity index (χ4v) is 3.69. The van der Waals surface area contributed by atoms with Gasteiger partial charge in [-0.05, 0) is 53.4 Å². The van der Waals surface area contributed by atoms with E-state index in [1.165, 1.54) is 16.8 Å². The minimum atomic E-state index is -0.635. The molecule has 0 saturated carbocycles. The van der Waals surface area contributed by atoms with Crippen LogP contribution in [0.5, 0.6) is 0 Å². The first kappa shape index (κ1) is 19.5. The first-order valence-corrected chi connectivity index (χ1v) is 9.94. The number of fused-ring (bicyclic) bond motifs is 1.